The van der Waals surface area contributed by atoms with E-state index in [0.717, 1.165) is 11.8 Å². The van der Waals surface area contributed by atoms with Crippen molar-refractivity contribution in [3.8, 4) is 0 Å². The predicted molar refractivity (Wildman–Crippen MR) is 113 cm³/mol. The van der Waals surface area contributed by atoms with Crippen LogP contribution in [-0.4, -0.2) is 41.0 Å². The molecule has 1 aliphatic heterocycles. The molecule has 0 aromatic heterocycles. The van der Waals surface area contributed by atoms with Crippen molar-refractivity contribution >= 4 is 35.3 Å². The summed E-state index contributed by atoms with van der Waals surface area (Å²) in [4.78, 5) is 40.8. The summed E-state index contributed by atoms with van der Waals surface area (Å²) in [5, 5.41) is 2.65. The number of esters is 1. The number of nitrogens with one attached hydrogen (secondary N) is 1. The standard InChI is InChI=1S/C21H27FN2O5S/c1-12-20(5,14-10-13(11-25)8-9-15(14)22)24-17(23-18(27)29-19(2,3)4)30-21(12,6)16(26)28-7/h8-12H,1-7H3,(H,23,24,27)/t12-,20-,21-/m0/s1. The van der Waals surface area contributed by atoms with Gasteiger partial charge in [-0.2, -0.15) is 0 Å². The summed E-state index contributed by atoms with van der Waals surface area (Å²) in [7, 11) is 1.26. The monoisotopic (exact) mass is 438 g/mol. The lowest BCUT2D eigenvalue weighted by Gasteiger charge is -2.46. The van der Waals surface area contributed by atoms with E-state index in [9.17, 15) is 18.8 Å². The van der Waals surface area contributed by atoms with Gasteiger partial charge in [0.05, 0.1) is 12.6 Å². The number of halogens is 1. The molecule has 1 aliphatic rings. The van der Waals surface area contributed by atoms with Gasteiger partial charge < -0.3 is 9.47 Å². The maximum absolute atomic E-state index is 14.8. The number of hydrogen-bond donors (Lipinski definition) is 1. The molecule has 1 amide bonds. The number of aliphatic imine (C=N–C) groups is 1. The molecule has 1 aromatic rings. The van der Waals surface area contributed by atoms with Gasteiger partial charge in [-0.3, -0.25) is 19.9 Å². The molecule has 164 valence electrons. The van der Waals surface area contributed by atoms with Crippen LogP contribution < -0.4 is 5.32 Å². The molecular weight excluding hydrogens is 411 g/mol. The van der Waals surface area contributed by atoms with Crippen LogP contribution in [0.1, 0.15) is 57.5 Å². The van der Waals surface area contributed by atoms with E-state index in [4.69, 9.17) is 9.47 Å². The number of nitrogens with zero attached hydrogens (tertiary/aromatic N) is 1. The van der Waals surface area contributed by atoms with E-state index in [2.05, 4.69) is 10.3 Å². The van der Waals surface area contributed by atoms with Gasteiger partial charge in [-0.05, 0) is 52.8 Å². The smallest absolute Gasteiger partial charge is 0.413 e. The molecule has 9 heteroatoms. The van der Waals surface area contributed by atoms with E-state index in [0.29, 0.717) is 6.29 Å². The fourth-order valence-electron chi connectivity index (χ4n) is 3.32. The van der Waals surface area contributed by atoms with Crippen molar-refractivity contribution in [2.45, 2.75) is 57.4 Å². The highest BCUT2D eigenvalue weighted by atomic mass is 32.2. The van der Waals surface area contributed by atoms with E-state index in [1.165, 1.54) is 25.3 Å². The van der Waals surface area contributed by atoms with Crippen LogP contribution in [0.15, 0.2) is 23.2 Å². The lowest BCUT2D eigenvalue weighted by molar-refractivity contribution is -0.145. The third-order valence-electron chi connectivity index (χ3n) is 5.18. The van der Waals surface area contributed by atoms with Crippen molar-refractivity contribution in [2.75, 3.05) is 7.11 Å². The molecule has 0 radical (unpaired) electrons. The molecule has 7 nitrogen and oxygen atoms in total. The van der Waals surface area contributed by atoms with Crippen molar-refractivity contribution in [3.63, 3.8) is 0 Å². The Kier molecular flexibility index (Phi) is 6.66. The normalized spacial score (nSPS) is 26.4. The molecule has 2 rings (SSSR count). The van der Waals surface area contributed by atoms with Gasteiger partial charge in [-0.25, -0.2) is 9.18 Å². The molecule has 3 atom stereocenters. The Morgan fingerprint density at radius 2 is 1.93 bits per heavy atom. The molecule has 0 bridgehead atoms. The zero-order chi connectivity index (χ0) is 22.9. The van der Waals surface area contributed by atoms with Gasteiger partial charge in [0.1, 0.15) is 22.5 Å². The first-order chi connectivity index (χ1) is 13.8. The molecule has 0 aliphatic carbocycles. The number of benzene rings is 1. The van der Waals surface area contributed by atoms with Crippen molar-refractivity contribution in [1.82, 2.24) is 5.32 Å². The Labute approximate surface area is 179 Å². The van der Waals surface area contributed by atoms with Gasteiger partial charge in [0.2, 0.25) is 0 Å². The Balaban J connectivity index is 2.62. The Morgan fingerprint density at radius 1 is 1.30 bits per heavy atom. The number of carbonyl (C=O) groups excluding carboxylic acids is 3. The second-order valence-corrected chi connectivity index (χ2v) is 9.91. The number of amides is 1. The minimum absolute atomic E-state index is 0.0913. The summed E-state index contributed by atoms with van der Waals surface area (Å²) in [6.07, 6.45) is -0.141. The van der Waals surface area contributed by atoms with E-state index >= 15 is 0 Å². The van der Waals surface area contributed by atoms with Gasteiger partial charge in [-0.1, -0.05) is 18.7 Å². The van der Waals surface area contributed by atoms with E-state index in [1.54, 1.807) is 41.5 Å². The fraction of sp³-hybridized carbons (Fsp3) is 0.524. The quantitative estimate of drug-likeness (QED) is 0.565. The third kappa shape index (κ3) is 4.66. The number of carbonyl (C=O) groups is 3. The highest BCUT2D eigenvalue weighted by Crippen LogP contribution is 2.51. The molecule has 1 heterocycles. The van der Waals surface area contributed by atoms with Crippen molar-refractivity contribution < 1.29 is 28.2 Å². The molecule has 0 saturated heterocycles. The van der Waals surface area contributed by atoms with Gasteiger partial charge >= 0.3 is 12.1 Å². The molecule has 1 N–H and O–H groups in total. The number of ether oxygens (including phenoxy) is 2. The summed E-state index contributed by atoms with van der Waals surface area (Å²) in [6.45, 7) is 10.2. The lowest BCUT2D eigenvalue weighted by atomic mass is 9.73. The average Bonchev–Trinajstić information content (AvgIpc) is 2.64. The molecule has 0 saturated carbocycles. The highest BCUT2D eigenvalue weighted by Gasteiger charge is 2.55. The van der Waals surface area contributed by atoms with Gasteiger partial charge in [0.15, 0.2) is 5.17 Å². The zero-order valence-corrected chi connectivity index (χ0v) is 19.0. The van der Waals surface area contributed by atoms with Crippen molar-refractivity contribution in [3.05, 3.63) is 35.1 Å². The summed E-state index contributed by atoms with van der Waals surface area (Å²) in [6, 6.07) is 3.95. The van der Waals surface area contributed by atoms with Crippen LogP contribution in [0.25, 0.3) is 0 Å². The lowest BCUT2D eigenvalue weighted by Crippen LogP contribution is -2.54. The van der Waals surface area contributed by atoms with E-state index < -0.39 is 39.7 Å². The van der Waals surface area contributed by atoms with Gasteiger partial charge in [-0.15, -0.1) is 0 Å². The minimum atomic E-state index is -1.28. The number of alkyl carbamates (subject to hydrolysis) is 1. The fourth-order valence-corrected chi connectivity index (χ4v) is 4.66. The second-order valence-electron chi connectivity index (χ2n) is 8.47. The maximum Gasteiger partial charge on any atom is 0.413 e. The number of hydrogen-bond acceptors (Lipinski definition) is 7. The largest absolute Gasteiger partial charge is 0.468 e. The van der Waals surface area contributed by atoms with Crippen LogP contribution in [0.3, 0.4) is 0 Å². The highest BCUT2D eigenvalue weighted by molar-refractivity contribution is 8.15. The van der Waals surface area contributed by atoms with Crippen molar-refractivity contribution in [2.24, 2.45) is 10.9 Å². The summed E-state index contributed by atoms with van der Waals surface area (Å²) >= 11 is 1.01. The SMILES string of the molecule is COC(=O)[C@@]1(C)SC(NC(=O)OC(C)(C)C)=N[C@](C)(c2cc(C=O)ccc2F)[C@@H]1C. The van der Waals surface area contributed by atoms with Crippen LogP contribution >= 0.6 is 11.8 Å². The summed E-state index contributed by atoms with van der Waals surface area (Å²) in [5.74, 6) is -1.67. The first-order valence-corrected chi connectivity index (χ1v) is 10.2. The molecule has 1 aromatic carbocycles. The number of methoxy groups -OCH3 is 1. The number of aldehydes is 1. The van der Waals surface area contributed by atoms with Crippen LogP contribution in [0.2, 0.25) is 0 Å². The molecule has 0 spiro atoms. The summed E-state index contributed by atoms with van der Waals surface area (Å²) in [5.41, 5.74) is -1.61. The van der Waals surface area contributed by atoms with Crippen LogP contribution in [0.4, 0.5) is 9.18 Å². The van der Waals surface area contributed by atoms with Crippen molar-refractivity contribution in [1.29, 1.82) is 0 Å². The Bertz CT molecular complexity index is 898. The molecule has 0 unspecified atom stereocenters. The van der Waals surface area contributed by atoms with Gasteiger partial charge in [0.25, 0.3) is 0 Å². The predicted octanol–water partition coefficient (Wildman–Crippen LogP) is 4.05. The maximum atomic E-state index is 14.8. The number of rotatable bonds is 3. The van der Waals surface area contributed by atoms with Crippen LogP contribution in [0, 0.1) is 11.7 Å². The topological polar surface area (TPSA) is 94.1 Å². The minimum Gasteiger partial charge on any atom is -0.468 e. The zero-order valence-electron chi connectivity index (χ0n) is 18.2. The Morgan fingerprint density at radius 3 is 2.47 bits per heavy atom. The third-order valence-corrected chi connectivity index (χ3v) is 6.51. The van der Waals surface area contributed by atoms with E-state index in [-0.39, 0.29) is 16.3 Å². The first kappa shape index (κ1) is 23.9. The molecule has 30 heavy (non-hydrogen) atoms. The molecular formula is C21H27FN2O5S. The van der Waals surface area contributed by atoms with E-state index in [1.807, 2.05) is 0 Å². The summed E-state index contributed by atoms with van der Waals surface area (Å²) < 4.78 is 23.9. The number of thioether (sulfide) groups is 1. The average molecular weight is 439 g/mol. The van der Waals surface area contributed by atoms with Gasteiger partial charge in [0, 0.05) is 17.0 Å². The molecule has 0 fully saturated rings. The first-order valence-electron chi connectivity index (χ1n) is 9.39. The van der Waals surface area contributed by atoms with Crippen LogP contribution in [0.5, 0.6) is 0 Å². The Hall–Kier alpha value is -2.42. The van der Waals surface area contributed by atoms with Crippen LogP contribution in [-0.2, 0) is 19.8 Å². The second kappa shape index (κ2) is 8.37. The number of amidine groups is 1.